The number of aromatic nitrogens is 3. The van der Waals surface area contributed by atoms with Gasteiger partial charge in [-0.15, -0.1) is 6.58 Å². The molecule has 2 heterocycles. The Hall–Kier alpha value is -2.34. The van der Waals surface area contributed by atoms with E-state index in [1.165, 1.54) is 0 Å². The largest absolute Gasteiger partial charge is 0.334 e. The van der Waals surface area contributed by atoms with Gasteiger partial charge in [0.1, 0.15) is 5.69 Å². The number of anilines is 1. The van der Waals surface area contributed by atoms with Crippen LogP contribution in [0.3, 0.4) is 0 Å². The number of amides is 2. The molecular weight excluding hydrogens is 266 g/mol. The van der Waals surface area contributed by atoms with E-state index in [0.29, 0.717) is 12.2 Å². The maximum absolute atomic E-state index is 11.5. The second-order valence-corrected chi connectivity index (χ2v) is 3.97. The topological polar surface area (TPSA) is 71.8 Å². The molecule has 2 amide bonds. The van der Waals surface area contributed by atoms with Gasteiger partial charge >= 0.3 is 6.03 Å². The maximum Gasteiger partial charge on any atom is 0.319 e. The number of hydrogen-bond acceptors (Lipinski definition) is 3. The third kappa shape index (κ3) is 3.32. The van der Waals surface area contributed by atoms with E-state index in [0.717, 1.165) is 5.69 Å². The molecule has 0 saturated heterocycles. The quantitative estimate of drug-likeness (QED) is 0.842. The minimum Gasteiger partial charge on any atom is -0.334 e. The Balaban J connectivity index is 2.13. The van der Waals surface area contributed by atoms with Crippen LogP contribution in [-0.4, -0.2) is 27.3 Å². The first kappa shape index (κ1) is 13.1. The first-order valence-electron chi connectivity index (χ1n) is 5.52. The fourth-order valence-electron chi connectivity index (χ4n) is 1.39. The van der Waals surface area contributed by atoms with E-state index < -0.39 is 0 Å². The van der Waals surface area contributed by atoms with E-state index in [9.17, 15) is 4.79 Å². The number of pyridine rings is 1. The third-order valence-electron chi connectivity index (χ3n) is 2.23. The van der Waals surface area contributed by atoms with Crippen molar-refractivity contribution in [3.8, 4) is 5.69 Å². The zero-order valence-electron chi connectivity index (χ0n) is 10.0. The summed E-state index contributed by atoms with van der Waals surface area (Å²) in [5, 5.41) is 9.48. The number of halogens is 1. The molecule has 0 aromatic carbocycles. The summed E-state index contributed by atoms with van der Waals surface area (Å²) in [4.78, 5) is 15.5. The zero-order chi connectivity index (χ0) is 13.7. The van der Waals surface area contributed by atoms with E-state index in [4.69, 9.17) is 11.6 Å². The average molecular weight is 278 g/mol. The van der Waals surface area contributed by atoms with Gasteiger partial charge in [0.2, 0.25) is 0 Å². The Morgan fingerprint density at radius 2 is 2.42 bits per heavy atom. The molecule has 0 aliphatic rings. The monoisotopic (exact) mass is 277 g/mol. The van der Waals surface area contributed by atoms with Gasteiger partial charge in [-0.1, -0.05) is 17.7 Å². The molecule has 0 atom stereocenters. The molecule has 2 aromatic rings. The van der Waals surface area contributed by atoms with Crippen LogP contribution in [0, 0.1) is 0 Å². The van der Waals surface area contributed by atoms with Crippen molar-refractivity contribution in [1.29, 1.82) is 0 Å². The van der Waals surface area contributed by atoms with Gasteiger partial charge in [-0.2, -0.15) is 5.10 Å². The molecule has 2 N–H and O–H groups in total. The van der Waals surface area contributed by atoms with Crippen molar-refractivity contribution in [3.05, 3.63) is 48.5 Å². The van der Waals surface area contributed by atoms with Crippen LogP contribution in [0.4, 0.5) is 10.5 Å². The first-order valence-corrected chi connectivity index (χ1v) is 5.90. The first-order chi connectivity index (χ1) is 9.20. The molecule has 7 heteroatoms. The summed E-state index contributed by atoms with van der Waals surface area (Å²) in [6, 6.07) is 3.25. The van der Waals surface area contributed by atoms with Crippen molar-refractivity contribution in [2.24, 2.45) is 0 Å². The number of nitrogens with one attached hydrogen (secondary N) is 2. The lowest BCUT2D eigenvalue weighted by Crippen LogP contribution is -2.28. The van der Waals surface area contributed by atoms with Crippen LogP contribution in [0.2, 0.25) is 5.15 Å². The molecule has 2 rings (SSSR count). The number of urea groups is 1. The summed E-state index contributed by atoms with van der Waals surface area (Å²) >= 11 is 5.96. The molecule has 0 bridgehead atoms. The van der Waals surface area contributed by atoms with Gasteiger partial charge in [-0.25, -0.2) is 9.48 Å². The van der Waals surface area contributed by atoms with Crippen molar-refractivity contribution >= 4 is 23.3 Å². The van der Waals surface area contributed by atoms with Crippen LogP contribution in [-0.2, 0) is 0 Å². The summed E-state index contributed by atoms with van der Waals surface area (Å²) in [5.74, 6) is 0. The number of carbonyl (C=O) groups is 1. The summed E-state index contributed by atoms with van der Waals surface area (Å²) < 4.78 is 1.54. The predicted molar refractivity (Wildman–Crippen MR) is 73.6 cm³/mol. The van der Waals surface area contributed by atoms with Crippen LogP contribution in [0.1, 0.15) is 0 Å². The average Bonchev–Trinajstić information content (AvgIpc) is 2.79. The van der Waals surface area contributed by atoms with Gasteiger partial charge in [0.25, 0.3) is 0 Å². The van der Waals surface area contributed by atoms with Crippen LogP contribution in [0.15, 0.2) is 43.4 Å². The molecule has 0 unspecified atom stereocenters. The Kier molecular flexibility index (Phi) is 4.15. The maximum atomic E-state index is 11.5. The molecule has 19 heavy (non-hydrogen) atoms. The van der Waals surface area contributed by atoms with E-state index in [2.05, 4.69) is 27.3 Å². The Morgan fingerprint density at radius 1 is 1.58 bits per heavy atom. The van der Waals surface area contributed by atoms with E-state index in [-0.39, 0.29) is 11.2 Å². The Labute approximate surface area is 115 Å². The van der Waals surface area contributed by atoms with Gasteiger partial charge in [0, 0.05) is 12.7 Å². The van der Waals surface area contributed by atoms with Crippen LogP contribution < -0.4 is 10.6 Å². The van der Waals surface area contributed by atoms with Gasteiger partial charge in [-0.05, 0) is 12.1 Å². The molecule has 0 saturated carbocycles. The highest BCUT2D eigenvalue weighted by Gasteiger charge is 2.10. The smallest absolute Gasteiger partial charge is 0.319 e. The lowest BCUT2D eigenvalue weighted by atomic mass is 10.4. The molecule has 0 spiro atoms. The highest BCUT2D eigenvalue weighted by atomic mass is 35.5. The fourth-order valence-corrected chi connectivity index (χ4v) is 1.57. The van der Waals surface area contributed by atoms with E-state index in [1.807, 2.05) is 6.07 Å². The van der Waals surface area contributed by atoms with Crippen molar-refractivity contribution < 1.29 is 4.79 Å². The standard InChI is InChI=1S/C12H12ClN5O/c1-2-5-15-12(19)16-10-8-18(17-11(10)13)9-4-3-6-14-7-9/h2-4,6-8H,1,5H2,(H2,15,16,19). The van der Waals surface area contributed by atoms with Crippen molar-refractivity contribution in [1.82, 2.24) is 20.1 Å². The molecule has 0 radical (unpaired) electrons. The molecule has 0 fully saturated rings. The molecule has 98 valence electrons. The van der Waals surface area contributed by atoms with Crippen LogP contribution in [0.5, 0.6) is 0 Å². The Bertz CT molecular complexity index is 581. The van der Waals surface area contributed by atoms with Crippen LogP contribution >= 0.6 is 11.6 Å². The SMILES string of the molecule is C=CCNC(=O)Nc1cn(-c2cccnc2)nc1Cl. The minimum atomic E-state index is -0.368. The predicted octanol–water partition coefficient (Wildman–Crippen LogP) is 2.23. The number of carbonyl (C=O) groups excluding carboxylic acids is 1. The fraction of sp³-hybridized carbons (Fsp3) is 0.0833. The van der Waals surface area contributed by atoms with E-state index in [1.54, 1.807) is 35.4 Å². The zero-order valence-corrected chi connectivity index (χ0v) is 10.8. The lowest BCUT2D eigenvalue weighted by Gasteiger charge is -2.03. The molecule has 0 aliphatic carbocycles. The molecule has 2 aromatic heterocycles. The second kappa shape index (κ2) is 6.01. The number of rotatable bonds is 4. The van der Waals surface area contributed by atoms with Gasteiger partial charge in [0.05, 0.1) is 18.1 Å². The highest BCUT2D eigenvalue weighted by Crippen LogP contribution is 2.21. The number of hydrogen-bond donors (Lipinski definition) is 2. The Morgan fingerprint density at radius 3 is 3.11 bits per heavy atom. The van der Waals surface area contributed by atoms with Crippen molar-refractivity contribution in [2.75, 3.05) is 11.9 Å². The summed E-state index contributed by atoms with van der Waals surface area (Å²) in [7, 11) is 0. The minimum absolute atomic E-state index is 0.206. The highest BCUT2D eigenvalue weighted by molar-refractivity contribution is 6.32. The van der Waals surface area contributed by atoms with Gasteiger partial charge in [-0.3, -0.25) is 4.98 Å². The molecule has 0 aliphatic heterocycles. The lowest BCUT2D eigenvalue weighted by molar-refractivity contribution is 0.253. The normalized spacial score (nSPS) is 9.95. The van der Waals surface area contributed by atoms with Gasteiger partial charge in [0.15, 0.2) is 5.15 Å². The third-order valence-corrected chi connectivity index (χ3v) is 2.51. The van der Waals surface area contributed by atoms with E-state index >= 15 is 0 Å². The van der Waals surface area contributed by atoms with Crippen molar-refractivity contribution in [3.63, 3.8) is 0 Å². The summed E-state index contributed by atoms with van der Waals surface area (Å²) in [6.07, 6.45) is 6.51. The second-order valence-electron chi connectivity index (χ2n) is 3.61. The van der Waals surface area contributed by atoms with Crippen molar-refractivity contribution in [2.45, 2.75) is 0 Å². The molecule has 6 nitrogen and oxygen atoms in total. The summed E-state index contributed by atoms with van der Waals surface area (Å²) in [5.41, 5.74) is 1.18. The summed E-state index contributed by atoms with van der Waals surface area (Å²) in [6.45, 7) is 3.88. The van der Waals surface area contributed by atoms with Crippen LogP contribution in [0.25, 0.3) is 5.69 Å². The molecular formula is C12H12ClN5O. The van der Waals surface area contributed by atoms with Gasteiger partial charge < -0.3 is 10.6 Å². The number of nitrogens with zero attached hydrogens (tertiary/aromatic N) is 3.